The van der Waals surface area contributed by atoms with Crippen molar-refractivity contribution in [2.24, 2.45) is 0 Å². The third-order valence-electron chi connectivity index (χ3n) is 7.92. The van der Waals surface area contributed by atoms with Gasteiger partial charge in [-0.15, -0.1) is 0 Å². The zero-order valence-electron chi connectivity index (χ0n) is 21.9. The van der Waals surface area contributed by atoms with Gasteiger partial charge in [-0.05, 0) is 53.9 Å². The third-order valence-corrected chi connectivity index (χ3v) is 8.16. The zero-order valence-corrected chi connectivity index (χ0v) is 22.7. The second-order valence-corrected chi connectivity index (χ2v) is 10.7. The summed E-state index contributed by atoms with van der Waals surface area (Å²) in [4.78, 5) is 14.2. The van der Waals surface area contributed by atoms with Crippen molar-refractivity contribution >= 4 is 34.9 Å². The number of thiocarbonyl (C=S) groups is 1. The van der Waals surface area contributed by atoms with Crippen LogP contribution in [-0.4, -0.2) is 61.1 Å². The highest BCUT2D eigenvalue weighted by molar-refractivity contribution is 7.80. The Morgan fingerprint density at radius 2 is 1.49 bits per heavy atom. The number of benzene rings is 2. The van der Waals surface area contributed by atoms with Crippen LogP contribution < -0.4 is 20.4 Å². The molecule has 6 rings (SSSR count). The van der Waals surface area contributed by atoms with Crippen molar-refractivity contribution in [3.05, 3.63) is 77.1 Å². The molecule has 0 bridgehead atoms. The monoisotopic (exact) mass is 548 g/mol. The molecule has 0 saturated carbocycles. The Bertz CT molecular complexity index is 1290. The van der Waals surface area contributed by atoms with Crippen LogP contribution in [0.3, 0.4) is 0 Å². The van der Waals surface area contributed by atoms with Crippen LogP contribution in [0, 0.1) is 5.82 Å². The Labute approximate surface area is 233 Å². The number of rotatable bonds is 6. The molecule has 2 saturated heterocycles. The number of nitrogens with one attached hydrogen (secondary N) is 2. The lowest BCUT2D eigenvalue weighted by molar-refractivity contribution is 0.0515. The number of halogens is 1. The first-order valence-electron chi connectivity index (χ1n) is 13.5. The van der Waals surface area contributed by atoms with Crippen LogP contribution in [0.15, 0.2) is 54.6 Å². The maximum atomic E-state index is 13.6. The van der Waals surface area contributed by atoms with Crippen molar-refractivity contribution in [3.8, 4) is 0 Å². The average Bonchev–Trinajstić information content (AvgIpc) is 3.42. The van der Waals surface area contributed by atoms with E-state index in [2.05, 4.69) is 50.8 Å². The van der Waals surface area contributed by atoms with Gasteiger partial charge in [-0.3, -0.25) is 0 Å². The van der Waals surface area contributed by atoms with E-state index in [0.717, 1.165) is 56.2 Å². The lowest BCUT2D eigenvalue weighted by Gasteiger charge is -2.38. The predicted octanol–water partition coefficient (Wildman–Crippen LogP) is 4.01. The van der Waals surface area contributed by atoms with Crippen LogP contribution in [0.5, 0.6) is 0 Å². The van der Waals surface area contributed by atoms with Gasteiger partial charge in [0, 0.05) is 57.4 Å². The summed E-state index contributed by atoms with van der Waals surface area (Å²) in [6.45, 7) is 6.43. The van der Waals surface area contributed by atoms with E-state index in [1.807, 2.05) is 12.1 Å². The molecule has 204 valence electrons. The van der Waals surface area contributed by atoms with Crippen molar-refractivity contribution in [2.45, 2.75) is 31.3 Å². The van der Waals surface area contributed by atoms with E-state index < -0.39 is 0 Å². The molecule has 2 aromatic carbocycles. The standard InChI is InChI=1S/C29H33FN6O2S/c30-24-7-5-23(6-8-24)29(9-13-37-14-10-29)20-31-28(39)34-27-32-25(35-11-15-38-16-12-35)17-26(33-27)36-18-21-3-1-2-4-22(21)19-36/h1-8,17H,9-16,18-20H2,(H2,31,32,33,34,39). The average molecular weight is 549 g/mol. The van der Waals surface area contributed by atoms with Gasteiger partial charge >= 0.3 is 0 Å². The van der Waals surface area contributed by atoms with Crippen LogP contribution in [0.25, 0.3) is 0 Å². The van der Waals surface area contributed by atoms with Gasteiger partial charge in [-0.25, -0.2) is 4.39 Å². The molecule has 3 aliphatic heterocycles. The molecule has 0 unspecified atom stereocenters. The van der Waals surface area contributed by atoms with Gasteiger partial charge in [0.05, 0.1) is 13.2 Å². The molecule has 0 amide bonds. The maximum Gasteiger partial charge on any atom is 0.232 e. The largest absolute Gasteiger partial charge is 0.381 e. The van der Waals surface area contributed by atoms with E-state index in [4.69, 9.17) is 31.7 Å². The highest BCUT2D eigenvalue weighted by atomic mass is 32.1. The number of hydrogen-bond acceptors (Lipinski definition) is 7. The summed E-state index contributed by atoms with van der Waals surface area (Å²) in [6.07, 6.45) is 1.66. The van der Waals surface area contributed by atoms with Gasteiger partial charge in [0.15, 0.2) is 5.11 Å². The summed E-state index contributed by atoms with van der Waals surface area (Å²) in [5.41, 5.74) is 3.53. The lowest BCUT2D eigenvalue weighted by atomic mass is 9.74. The first-order chi connectivity index (χ1) is 19.1. The van der Waals surface area contributed by atoms with Crippen LogP contribution in [-0.2, 0) is 28.0 Å². The van der Waals surface area contributed by atoms with E-state index in [9.17, 15) is 4.39 Å². The smallest absolute Gasteiger partial charge is 0.232 e. The molecule has 39 heavy (non-hydrogen) atoms. The zero-order chi connectivity index (χ0) is 26.7. The van der Waals surface area contributed by atoms with Crippen molar-refractivity contribution in [2.75, 3.05) is 61.2 Å². The number of fused-ring (bicyclic) bond motifs is 1. The van der Waals surface area contributed by atoms with E-state index in [1.165, 1.54) is 23.3 Å². The second-order valence-electron chi connectivity index (χ2n) is 10.3. The molecule has 2 fully saturated rings. The Morgan fingerprint density at radius 1 is 0.872 bits per heavy atom. The molecule has 2 N–H and O–H groups in total. The van der Waals surface area contributed by atoms with Crippen LogP contribution in [0.2, 0.25) is 0 Å². The summed E-state index contributed by atoms with van der Waals surface area (Å²) in [6, 6.07) is 17.3. The minimum absolute atomic E-state index is 0.194. The highest BCUT2D eigenvalue weighted by Crippen LogP contribution is 2.35. The fraction of sp³-hybridized carbons (Fsp3) is 0.414. The van der Waals surface area contributed by atoms with Gasteiger partial charge in [0.1, 0.15) is 17.5 Å². The van der Waals surface area contributed by atoms with Crippen LogP contribution in [0.4, 0.5) is 22.0 Å². The number of aromatic nitrogens is 2. The van der Waals surface area contributed by atoms with Gasteiger partial charge in [-0.1, -0.05) is 36.4 Å². The fourth-order valence-electron chi connectivity index (χ4n) is 5.62. The molecule has 3 aliphatic rings. The summed E-state index contributed by atoms with van der Waals surface area (Å²) in [5, 5.41) is 7.10. The topological polar surface area (TPSA) is 74.8 Å². The van der Waals surface area contributed by atoms with Crippen molar-refractivity contribution in [3.63, 3.8) is 0 Å². The molecular formula is C29H33FN6O2S. The number of nitrogens with zero attached hydrogens (tertiary/aromatic N) is 4. The van der Waals surface area contributed by atoms with Crippen molar-refractivity contribution < 1.29 is 13.9 Å². The normalized spacial score (nSPS) is 18.5. The third kappa shape index (κ3) is 5.83. The van der Waals surface area contributed by atoms with E-state index in [-0.39, 0.29) is 11.2 Å². The molecule has 8 nitrogen and oxygen atoms in total. The van der Waals surface area contributed by atoms with Crippen molar-refractivity contribution in [1.82, 2.24) is 15.3 Å². The highest BCUT2D eigenvalue weighted by Gasteiger charge is 2.34. The van der Waals surface area contributed by atoms with Gasteiger partial charge < -0.3 is 29.9 Å². The minimum atomic E-state index is -0.236. The molecule has 0 spiro atoms. The summed E-state index contributed by atoms with van der Waals surface area (Å²) in [7, 11) is 0. The Morgan fingerprint density at radius 3 is 2.15 bits per heavy atom. The maximum absolute atomic E-state index is 13.6. The number of hydrogen-bond donors (Lipinski definition) is 2. The molecule has 0 atom stereocenters. The summed E-state index contributed by atoms with van der Waals surface area (Å²) in [5.74, 6) is 1.95. The van der Waals surface area contributed by atoms with Gasteiger partial charge in [0.25, 0.3) is 0 Å². The predicted molar refractivity (Wildman–Crippen MR) is 154 cm³/mol. The summed E-state index contributed by atoms with van der Waals surface area (Å²) < 4.78 is 24.8. The molecule has 10 heteroatoms. The van der Waals surface area contributed by atoms with Crippen LogP contribution in [0.1, 0.15) is 29.5 Å². The minimum Gasteiger partial charge on any atom is -0.381 e. The number of morpholine rings is 1. The molecule has 1 aromatic heterocycles. The van der Waals surface area contributed by atoms with Gasteiger partial charge in [-0.2, -0.15) is 9.97 Å². The molecular weight excluding hydrogens is 515 g/mol. The molecule has 3 aromatic rings. The van der Waals surface area contributed by atoms with E-state index >= 15 is 0 Å². The van der Waals surface area contributed by atoms with Crippen molar-refractivity contribution in [1.29, 1.82) is 0 Å². The van der Waals surface area contributed by atoms with Gasteiger partial charge in [0.2, 0.25) is 5.95 Å². The Kier molecular flexibility index (Phi) is 7.58. The second kappa shape index (κ2) is 11.4. The molecule has 0 radical (unpaired) electrons. The first kappa shape index (κ1) is 25.9. The summed E-state index contributed by atoms with van der Waals surface area (Å²) >= 11 is 5.72. The van der Waals surface area contributed by atoms with E-state index in [0.29, 0.717) is 44.0 Å². The molecule has 4 heterocycles. The fourth-order valence-corrected chi connectivity index (χ4v) is 5.78. The lowest BCUT2D eigenvalue weighted by Crippen LogP contribution is -2.45. The number of anilines is 3. The van der Waals surface area contributed by atoms with Crippen LogP contribution >= 0.6 is 12.2 Å². The van der Waals surface area contributed by atoms with E-state index in [1.54, 1.807) is 0 Å². The Balaban J connectivity index is 1.20. The number of ether oxygens (including phenoxy) is 2. The first-order valence-corrected chi connectivity index (χ1v) is 13.9. The Hall–Kier alpha value is -3.34. The molecule has 0 aliphatic carbocycles. The SMILES string of the molecule is Fc1ccc(C2(CNC(=S)Nc3nc(N4CCOCC4)cc(N4Cc5ccccc5C4)n3)CCOCC2)cc1. The quantitative estimate of drug-likeness (QED) is 0.445.